The number of aromatic nitrogens is 2. The summed E-state index contributed by atoms with van der Waals surface area (Å²) in [7, 11) is 0. The fourth-order valence-electron chi connectivity index (χ4n) is 3.73. The number of aryl methyl sites for hydroxylation is 3. The van der Waals surface area contributed by atoms with Gasteiger partial charge in [0.25, 0.3) is 0 Å². The molecule has 3 aromatic rings. The van der Waals surface area contributed by atoms with E-state index in [2.05, 4.69) is 47.1 Å². The van der Waals surface area contributed by atoms with Gasteiger partial charge in [0.15, 0.2) is 0 Å². The number of benzene rings is 2. The molecule has 0 radical (unpaired) electrons. The molecule has 0 atom stereocenters. The van der Waals surface area contributed by atoms with Crippen molar-refractivity contribution < 1.29 is 4.79 Å². The molecule has 0 aliphatic heterocycles. The van der Waals surface area contributed by atoms with Crippen LogP contribution in [0.5, 0.6) is 0 Å². The van der Waals surface area contributed by atoms with Gasteiger partial charge < -0.3 is 9.88 Å². The highest BCUT2D eigenvalue weighted by Gasteiger charge is 2.10. The number of nitrogens with zero attached hydrogens (tertiary/aromatic N) is 2. The van der Waals surface area contributed by atoms with E-state index in [4.69, 9.17) is 4.98 Å². The van der Waals surface area contributed by atoms with Gasteiger partial charge in [-0.15, -0.1) is 0 Å². The molecule has 3 rings (SSSR count). The Labute approximate surface area is 174 Å². The maximum Gasteiger partial charge on any atom is 0.220 e. The van der Waals surface area contributed by atoms with Crippen molar-refractivity contribution in [2.75, 3.05) is 6.54 Å². The van der Waals surface area contributed by atoms with Crippen LogP contribution in [0.25, 0.3) is 11.0 Å². The van der Waals surface area contributed by atoms with E-state index < -0.39 is 0 Å². The standard InChI is InChI=1S/C25H33N3O/c1-2-3-4-10-20-28-23-15-9-8-14-22(23)27-24(28)16-11-19-26-25(29)18-17-21-12-6-5-7-13-21/h5-9,12-15H,2-4,10-11,16-20H2,1H3,(H,26,29). The van der Waals surface area contributed by atoms with Crippen LogP contribution in [0.1, 0.15) is 56.8 Å². The molecule has 1 amide bonds. The van der Waals surface area contributed by atoms with Crippen molar-refractivity contribution in [3.05, 3.63) is 66.0 Å². The van der Waals surface area contributed by atoms with Gasteiger partial charge in [-0.1, -0.05) is 68.7 Å². The van der Waals surface area contributed by atoms with Crippen LogP contribution in [0.2, 0.25) is 0 Å². The molecule has 0 spiro atoms. The highest BCUT2D eigenvalue weighted by Crippen LogP contribution is 2.18. The van der Waals surface area contributed by atoms with E-state index in [1.165, 1.54) is 36.8 Å². The molecule has 0 aliphatic carbocycles. The Morgan fingerprint density at radius 1 is 0.931 bits per heavy atom. The van der Waals surface area contributed by atoms with Crippen molar-refractivity contribution in [3.63, 3.8) is 0 Å². The number of nitrogens with one attached hydrogen (secondary N) is 1. The number of carbonyl (C=O) groups excluding carboxylic acids is 1. The molecule has 154 valence electrons. The van der Waals surface area contributed by atoms with Gasteiger partial charge >= 0.3 is 0 Å². The van der Waals surface area contributed by atoms with Gasteiger partial charge in [0.2, 0.25) is 5.91 Å². The summed E-state index contributed by atoms with van der Waals surface area (Å²) in [6.07, 6.45) is 8.13. The fraction of sp³-hybridized carbons (Fsp3) is 0.440. The molecule has 0 saturated heterocycles. The van der Waals surface area contributed by atoms with E-state index in [0.29, 0.717) is 13.0 Å². The smallest absolute Gasteiger partial charge is 0.220 e. The number of hydrogen-bond donors (Lipinski definition) is 1. The number of hydrogen-bond acceptors (Lipinski definition) is 2. The molecule has 1 heterocycles. The summed E-state index contributed by atoms with van der Waals surface area (Å²) < 4.78 is 2.38. The first-order valence-corrected chi connectivity index (χ1v) is 11.0. The van der Waals surface area contributed by atoms with Crippen molar-refractivity contribution in [2.45, 2.75) is 64.8 Å². The number of imidazole rings is 1. The van der Waals surface area contributed by atoms with Gasteiger partial charge in [-0.25, -0.2) is 4.98 Å². The van der Waals surface area contributed by atoms with Crippen LogP contribution in [0, 0.1) is 0 Å². The molecule has 0 fully saturated rings. The van der Waals surface area contributed by atoms with E-state index in [0.717, 1.165) is 37.1 Å². The molecule has 4 heteroatoms. The minimum Gasteiger partial charge on any atom is -0.356 e. The second-order valence-electron chi connectivity index (χ2n) is 7.67. The zero-order chi connectivity index (χ0) is 20.3. The third-order valence-electron chi connectivity index (χ3n) is 5.35. The lowest BCUT2D eigenvalue weighted by atomic mass is 10.1. The van der Waals surface area contributed by atoms with E-state index in [1.54, 1.807) is 0 Å². The number of carbonyl (C=O) groups is 1. The van der Waals surface area contributed by atoms with Crippen LogP contribution < -0.4 is 5.32 Å². The van der Waals surface area contributed by atoms with E-state index >= 15 is 0 Å². The molecule has 4 nitrogen and oxygen atoms in total. The highest BCUT2D eigenvalue weighted by atomic mass is 16.1. The summed E-state index contributed by atoms with van der Waals surface area (Å²) in [6.45, 7) is 3.97. The monoisotopic (exact) mass is 391 g/mol. The van der Waals surface area contributed by atoms with Crippen molar-refractivity contribution in [3.8, 4) is 0 Å². The number of amides is 1. The molecule has 1 aromatic heterocycles. The fourth-order valence-corrected chi connectivity index (χ4v) is 3.73. The number of rotatable bonds is 12. The van der Waals surface area contributed by atoms with Crippen LogP contribution >= 0.6 is 0 Å². The van der Waals surface area contributed by atoms with Crippen LogP contribution in [-0.4, -0.2) is 22.0 Å². The first-order valence-electron chi connectivity index (χ1n) is 11.0. The van der Waals surface area contributed by atoms with E-state index in [1.807, 2.05) is 24.3 Å². The number of fused-ring (bicyclic) bond motifs is 1. The average molecular weight is 392 g/mol. The third-order valence-corrected chi connectivity index (χ3v) is 5.35. The minimum atomic E-state index is 0.127. The normalized spacial score (nSPS) is 11.1. The topological polar surface area (TPSA) is 46.9 Å². The van der Waals surface area contributed by atoms with Gasteiger partial charge in [-0.2, -0.15) is 0 Å². The summed E-state index contributed by atoms with van der Waals surface area (Å²) in [4.78, 5) is 17.0. The SMILES string of the molecule is CCCCCCn1c(CCCNC(=O)CCc2ccccc2)nc2ccccc21. The lowest BCUT2D eigenvalue weighted by Crippen LogP contribution is -2.25. The van der Waals surface area contributed by atoms with Crippen LogP contribution in [-0.2, 0) is 24.2 Å². The van der Waals surface area contributed by atoms with Gasteiger partial charge in [0.1, 0.15) is 5.82 Å². The third kappa shape index (κ3) is 6.45. The Kier molecular flexibility index (Phi) is 8.29. The zero-order valence-corrected chi connectivity index (χ0v) is 17.6. The van der Waals surface area contributed by atoms with Gasteiger partial charge in [-0.3, -0.25) is 4.79 Å². The summed E-state index contributed by atoms with van der Waals surface area (Å²) in [5.74, 6) is 1.27. The highest BCUT2D eigenvalue weighted by molar-refractivity contribution is 5.76. The van der Waals surface area contributed by atoms with Crippen molar-refractivity contribution >= 4 is 16.9 Å². The average Bonchev–Trinajstić information content (AvgIpc) is 3.11. The van der Waals surface area contributed by atoms with Gasteiger partial charge in [0.05, 0.1) is 11.0 Å². The molecule has 2 aromatic carbocycles. The minimum absolute atomic E-state index is 0.127. The lowest BCUT2D eigenvalue weighted by Gasteiger charge is -2.10. The molecular formula is C25H33N3O. The molecule has 0 unspecified atom stereocenters. The first-order chi connectivity index (χ1) is 14.3. The van der Waals surface area contributed by atoms with E-state index in [-0.39, 0.29) is 5.91 Å². The second kappa shape index (κ2) is 11.4. The summed E-state index contributed by atoms with van der Waals surface area (Å²) in [5.41, 5.74) is 3.51. The van der Waals surface area contributed by atoms with Gasteiger partial charge in [0, 0.05) is 25.9 Å². The van der Waals surface area contributed by atoms with Crippen molar-refractivity contribution in [1.29, 1.82) is 0 Å². The van der Waals surface area contributed by atoms with Crippen LogP contribution in [0.3, 0.4) is 0 Å². The summed E-state index contributed by atoms with van der Waals surface area (Å²) >= 11 is 0. The Morgan fingerprint density at radius 2 is 1.72 bits per heavy atom. The Hall–Kier alpha value is -2.62. The quantitative estimate of drug-likeness (QED) is 0.426. The molecule has 1 N–H and O–H groups in total. The first kappa shape index (κ1) is 21.1. The lowest BCUT2D eigenvalue weighted by molar-refractivity contribution is -0.121. The summed E-state index contributed by atoms with van der Waals surface area (Å²) in [6, 6.07) is 18.6. The van der Waals surface area contributed by atoms with Gasteiger partial charge in [-0.05, 0) is 37.0 Å². The molecule has 0 saturated carbocycles. The van der Waals surface area contributed by atoms with Crippen LogP contribution in [0.4, 0.5) is 0 Å². The molecule has 0 bridgehead atoms. The predicted molar refractivity (Wildman–Crippen MR) is 120 cm³/mol. The van der Waals surface area contributed by atoms with Crippen LogP contribution in [0.15, 0.2) is 54.6 Å². The molecular weight excluding hydrogens is 358 g/mol. The Morgan fingerprint density at radius 3 is 2.55 bits per heavy atom. The maximum absolute atomic E-state index is 12.1. The zero-order valence-electron chi connectivity index (χ0n) is 17.6. The van der Waals surface area contributed by atoms with Crippen molar-refractivity contribution in [2.24, 2.45) is 0 Å². The van der Waals surface area contributed by atoms with Crippen molar-refractivity contribution in [1.82, 2.24) is 14.9 Å². The maximum atomic E-state index is 12.1. The second-order valence-corrected chi connectivity index (χ2v) is 7.67. The Balaban J connectivity index is 1.47. The number of para-hydroxylation sites is 2. The predicted octanol–water partition coefficient (Wildman–Crippen LogP) is 5.30. The Bertz CT molecular complexity index is 885. The molecule has 0 aliphatic rings. The van der Waals surface area contributed by atoms with E-state index in [9.17, 15) is 4.79 Å². The molecule has 29 heavy (non-hydrogen) atoms. The largest absolute Gasteiger partial charge is 0.356 e. The number of unbranched alkanes of at least 4 members (excludes halogenated alkanes) is 3. The summed E-state index contributed by atoms with van der Waals surface area (Å²) in [5, 5.41) is 3.06.